The van der Waals surface area contributed by atoms with Crippen molar-refractivity contribution in [1.82, 2.24) is 4.57 Å². The van der Waals surface area contributed by atoms with Crippen molar-refractivity contribution < 1.29 is 26.3 Å². The Kier molecular flexibility index (Phi) is 10.3. The van der Waals surface area contributed by atoms with E-state index in [-0.39, 0.29) is 11.1 Å². The van der Waals surface area contributed by atoms with Crippen LogP contribution < -0.4 is 0 Å². The fourth-order valence-electron chi connectivity index (χ4n) is 13.1. The lowest BCUT2D eigenvalue weighted by atomic mass is 9.74. The quantitative estimate of drug-likeness (QED) is 0.158. The highest BCUT2D eigenvalue weighted by Crippen LogP contribution is 2.61. The van der Waals surface area contributed by atoms with Crippen LogP contribution in [0.5, 0.6) is 0 Å². The largest absolute Gasteiger partial charge is 0.416 e. The van der Waals surface area contributed by atoms with Crippen LogP contribution >= 0.6 is 34.0 Å². The molecule has 1 atom stereocenters. The number of fused-ring (bicyclic) bond motifs is 15. The van der Waals surface area contributed by atoms with Crippen LogP contribution in [0.1, 0.15) is 39.3 Å². The average molecular weight is 1120 g/mol. The van der Waals surface area contributed by atoms with Crippen LogP contribution in [0.4, 0.5) is 26.3 Å². The van der Waals surface area contributed by atoms with Gasteiger partial charge in [-0.3, -0.25) is 0 Å². The summed E-state index contributed by atoms with van der Waals surface area (Å²) in [5, 5.41) is 19.8. The van der Waals surface area contributed by atoms with Gasteiger partial charge in [-0.15, -0.1) is 34.0 Å². The normalized spacial score (nSPS) is 13.7. The van der Waals surface area contributed by atoms with Gasteiger partial charge < -0.3 is 4.57 Å². The zero-order valence-electron chi connectivity index (χ0n) is 42.2. The van der Waals surface area contributed by atoms with Gasteiger partial charge in [0.1, 0.15) is 6.07 Å². The third-order valence-electron chi connectivity index (χ3n) is 16.4. The fraction of sp³-hybridized carbons (Fsp3) is 0.0429. The van der Waals surface area contributed by atoms with Crippen molar-refractivity contribution in [2.24, 2.45) is 0 Å². The number of nitriles is 1. The molecule has 0 saturated carbocycles. The molecule has 11 heteroatoms. The van der Waals surface area contributed by atoms with Crippen LogP contribution in [0, 0.1) is 11.3 Å². The van der Waals surface area contributed by atoms with Crippen LogP contribution in [0.3, 0.4) is 0 Å². The average Bonchev–Trinajstić information content (AvgIpc) is 4.43. The molecule has 11 aromatic carbocycles. The topological polar surface area (TPSA) is 28.7 Å². The van der Waals surface area contributed by atoms with E-state index in [9.17, 15) is 5.26 Å². The number of benzene rings is 11. The number of nitrogens with zero attached hydrogens (tertiary/aromatic N) is 2. The van der Waals surface area contributed by atoms with Crippen molar-refractivity contribution in [2.45, 2.75) is 18.3 Å². The third kappa shape index (κ3) is 6.97. The van der Waals surface area contributed by atoms with Gasteiger partial charge >= 0.3 is 12.4 Å². The molecule has 1 unspecified atom stereocenters. The van der Waals surface area contributed by atoms with Gasteiger partial charge in [-0.1, -0.05) is 164 Å². The number of halogens is 6. The molecular weight excluding hydrogens is 1080 g/mol. The maximum Gasteiger partial charge on any atom is 0.416 e. The highest BCUT2D eigenvalue weighted by atomic mass is 32.1. The zero-order valence-corrected chi connectivity index (χ0v) is 44.6. The van der Waals surface area contributed by atoms with E-state index in [0.717, 1.165) is 83.8 Å². The lowest BCUT2D eigenvalue weighted by Crippen LogP contribution is -2.13. The molecule has 0 N–H and O–H groups in total. The lowest BCUT2D eigenvalue weighted by molar-refractivity contribution is -0.138. The van der Waals surface area contributed by atoms with Crippen LogP contribution in [-0.2, 0) is 12.4 Å². The molecule has 16 rings (SSSR count). The Bertz CT molecular complexity index is 5260. The second-order valence-corrected chi connectivity index (χ2v) is 23.8. The highest BCUT2D eigenvalue weighted by Gasteiger charge is 2.42. The predicted octanol–water partition coefficient (Wildman–Crippen LogP) is 22.0. The molecule has 0 fully saturated rings. The molecule has 4 heterocycles. The summed E-state index contributed by atoms with van der Waals surface area (Å²) in [6.07, 6.45) is -9.46. The van der Waals surface area contributed by atoms with E-state index in [0.29, 0.717) is 72.0 Å². The minimum atomic E-state index is -4.74. The first-order chi connectivity index (χ1) is 39.4. The monoisotopic (exact) mass is 1110 g/mol. The van der Waals surface area contributed by atoms with Gasteiger partial charge in [0.15, 0.2) is 0 Å². The predicted molar refractivity (Wildman–Crippen MR) is 323 cm³/mol. The summed E-state index contributed by atoms with van der Waals surface area (Å²) in [5.74, 6) is -0.961. The Balaban J connectivity index is 1.24. The summed E-state index contributed by atoms with van der Waals surface area (Å²) in [6, 6.07) is 68.5. The Morgan fingerprint density at radius 2 is 0.802 bits per heavy atom. The van der Waals surface area contributed by atoms with E-state index < -0.39 is 29.4 Å². The smallest absolute Gasteiger partial charge is 0.308 e. The van der Waals surface area contributed by atoms with E-state index in [1.165, 1.54) is 18.2 Å². The number of aromatic nitrogens is 1. The van der Waals surface area contributed by atoms with E-state index in [1.54, 1.807) is 40.1 Å². The standard InChI is InChI=1S/C70H36F6N2S3/c71-69(72,73)37-30-32-40-39-14-1-2-19-46(39)60(53(40)34-37)64-61(50-23-11-20-47-43-16-4-8-27-57(43)79-66(47)50)54(36-77)62(51-24-12-21-48-44-17-5-9-28-58(44)80-67(48)51)65(63(64)52-25-13-22-49-45-18-6-10-29-59(45)81-68(49)52)78-55-26-7-3-15-41(55)42-33-31-38(35-56(42)78)70(74,75)76/h1-35,60H. The SMILES string of the molecule is N#Cc1c(-c2cccc3c2sc2ccccc23)c(C2c3ccccc3-c3ccc(C(F)(F)F)cc32)c(-c2cccc3c2sc2ccccc23)c(-n2c3ccccc3c3ccc(C(F)(F)F)cc32)c1-c1cccc2c1sc1ccccc12. The highest BCUT2D eigenvalue weighted by molar-refractivity contribution is 7.27. The number of para-hydroxylation sites is 1. The summed E-state index contributed by atoms with van der Waals surface area (Å²) in [4.78, 5) is 0. The van der Waals surface area contributed by atoms with E-state index in [4.69, 9.17) is 0 Å². The molecule has 4 aromatic heterocycles. The number of thiophene rings is 3. The number of hydrogen-bond donors (Lipinski definition) is 0. The van der Waals surface area contributed by atoms with Crippen molar-refractivity contribution >= 4 is 116 Å². The van der Waals surface area contributed by atoms with Gasteiger partial charge in [-0.25, -0.2) is 0 Å². The summed E-state index contributed by atoms with van der Waals surface area (Å²) in [6.45, 7) is 0. The summed E-state index contributed by atoms with van der Waals surface area (Å²) >= 11 is 4.76. The summed E-state index contributed by atoms with van der Waals surface area (Å²) < 4.78 is 100. The fourth-order valence-corrected chi connectivity index (χ4v) is 16.8. The second-order valence-electron chi connectivity index (χ2n) is 20.6. The van der Waals surface area contributed by atoms with Crippen molar-refractivity contribution in [3.8, 4) is 56.3 Å². The minimum Gasteiger partial charge on any atom is -0.308 e. The van der Waals surface area contributed by atoms with E-state index in [2.05, 4.69) is 60.7 Å². The Hall–Kier alpha value is -9.05. The molecule has 0 saturated heterocycles. The maximum atomic E-state index is 15.5. The number of hydrogen-bond acceptors (Lipinski definition) is 4. The molecular formula is C70H36F6N2S3. The Morgan fingerprint density at radius 3 is 1.37 bits per heavy atom. The van der Waals surface area contributed by atoms with Crippen LogP contribution in [-0.4, -0.2) is 4.57 Å². The molecule has 1 aliphatic carbocycles. The van der Waals surface area contributed by atoms with Crippen LogP contribution in [0.25, 0.3) is 133 Å². The second kappa shape index (κ2) is 17.5. The zero-order chi connectivity index (χ0) is 54.6. The van der Waals surface area contributed by atoms with Gasteiger partial charge in [0.2, 0.25) is 0 Å². The minimum absolute atomic E-state index is 0.234. The Labute approximate surface area is 469 Å². The van der Waals surface area contributed by atoms with Crippen molar-refractivity contribution in [2.75, 3.05) is 0 Å². The van der Waals surface area contributed by atoms with E-state index in [1.807, 2.05) is 126 Å². The van der Waals surface area contributed by atoms with Crippen molar-refractivity contribution in [3.63, 3.8) is 0 Å². The summed E-state index contributed by atoms with van der Waals surface area (Å²) in [5.41, 5.74) is 6.59. The van der Waals surface area contributed by atoms with Gasteiger partial charge in [-0.2, -0.15) is 31.6 Å². The van der Waals surface area contributed by atoms with Crippen LogP contribution in [0.15, 0.2) is 212 Å². The van der Waals surface area contributed by atoms with Crippen molar-refractivity contribution in [3.05, 3.63) is 246 Å². The number of alkyl halides is 6. The first kappa shape index (κ1) is 47.9. The molecule has 15 aromatic rings. The molecule has 0 bridgehead atoms. The lowest BCUT2D eigenvalue weighted by Gasteiger charge is -2.31. The third-order valence-corrected chi connectivity index (χ3v) is 20.1. The molecule has 2 nitrogen and oxygen atoms in total. The number of rotatable bonds is 5. The summed E-state index contributed by atoms with van der Waals surface area (Å²) in [7, 11) is 0. The molecule has 0 spiro atoms. The molecule has 0 aliphatic heterocycles. The first-order valence-electron chi connectivity index (χ1n) is 26.2. The molecule has 1 aliphatic rings. The molecule has 0 radical (unpaired) electrons. The van der Waals surface area contributed by atoms with Crippen molar-refractivity contribution in [1.29, 1.82) is 5.26 Å². The Morgan fingerprint density at radius 1 is 0.370 bits per heavy atom. The van der Waals surface area contributed by atoms with E-state index >= 15 is 26.3 Å². The first-order valence-corrected chi connectivity index (χ1v) is 28.7. The molecule has 0 amide bonds. The molecule has 386 valence electrons. The van der Waals surface area contributed by atoms with Crippen LogP contribution in [0.2, 0.25) is 0 Å². The molecule has 81 heavy (non-hydrogen) atoms. The van der Waals surface area contributed by atoms with Gasteiger partial charge in [0.25, 0.3) is 0 Å². The maximum absolute atomic E-state index is 15.5. The van der Waals surface area contributed by atoms with Gasteiger partial charge in [0, 0.05) is 111 Å². The van der Waals surface area contributed by atoms with Gasteiger partial charge in [0.05, 0.1) is 33.4 Å². The van der Waals surface area contributed by atoms with Gasteiger partial charge in [-0.05, 0) is 76.3 Å².